The van der Waals surface area contributed by atoms with Gasteiger partial charge < -0.3 is 4.74 Å². The summed E-state index contributed by atoms with van der Waals surface area (Å²) in [6, 6.07) is 0. The van der Waals surface area contributed by atoms with Crippen LogP contribution in [0.4, 0.5) is 0 Å². The smallest absolute Gasteiger partial charge is 0.307 e. The largest absolute Gasteiger partial charge is 0.434 e. The summed E-state index contributed by atoms with van der Waals surface area (Å²) in [6.45, 7) is 10.0. The van der Waals surface area contributed by atoms with Crippen molar-refractivity contribution in [2.75, 3.05) is 0 Å². The van der Waals surface area contributed by atoms with E-state index in [0.717, 1.165) is 23.8 Å². The molecule has 3 unspecified atom stereocenters. The molecule has 0 aliphatic heterocycles. The van der Waals surface area contributed by atoms with Crippen molar-refractivity contribution in [3.05, 3.63) is 36.1 Å². The highest BCUT2D eigenvalue weighted by Crippen LogP contribution is 2.60. The van der Waals surface area contributed by atoms with Crippen molar-refractivity contribution in [1.29, 1.82) is 0 Å². The molecule has 2 nitrogen and oxygen atoms in total. The number of hydrogen-bond donors (Lipinski definition) is 0. The molecule has 2 aliphatic carbocycles. The minimum atomic E-state index is -0.277. The van der Waals surface area contributed by atoms with Crippen molar-refractivity contribution >= 4 is 5.97 Å². The summed E-state index contributed by atoms with van der Waals surface area (Å²) in [4.78, 5) is 10.7. The third-order valence-electron chi connectivity index (χ3n) is 4.89. The van der Waals surface area contributed by atoms with E-state index in [1.807, 2.05) is 13.0 Å². The second-order valence-electron chi connectivity index (χ2n) is 6.23. The molecule has 2 aliphatic rings. The fourth-order valence-electron chi connectivity index (χ4n) is 3.61. The van der Waals surface area contributed by atoms with Crippen LogP contribution in [-0.2, 0) is 9.53 Å². The molecule has 2 bridgehead atoms. The van der Waals surface area contributed by atoms with Gasteiger partial charge in [-0.1, -0.05) is 31.2 Å². The van der Waals surface area contributed by atoms with Gasteiger partial charge in [-0.2, -0.15) is 0 Å². The Morgan fingerprint density at radius 1 is 1.47 bits per heavy atom. The molecule has 104 valence electrons. The molecule has 0 saturated heterocycles. The Bertz CT molecular complexity index is 444. The number of carbonyl (C=O) groups is 1. The summed E-state index contributed by atoms with van der Waals surface area (Å²) in [5.74, 6) is 1.30. The normalized spacial score (nSPS) is 34.3. The van der Waals surface area contributed by atoms with E-state index >= 15 is 0 Å². The summed E-state index contributed by atoms with van der Waals surface area (Å²) < 4.78 is 4.85. The quantitative estimate of drug-likeness (QED) is 0.324. The third-order valence-corrected chi connectivity index (χ3v) is 4.89. The van der Waals surface area contributed by atoms with Gasteiger partial charge in [0.05, 0.1) is 6.26 Å². The second-order valence-corrected chi connectivity index (χ2v) is 6.23. The van der Waals surface area contributed by atoms with Crippen molar-refractivity contribution in [3.63, 3.8) is 0 Å². The van der Waals surface area contributed by atoms with Crippen LogP contribution in [0.25, 0.3) is 0 Å². The lowest BCUT2D eigenvalue weighted by Crippen LogP contribution is -2.25. The molecule has 0 heterocycles. The number of carbonyl (C=O) groups excluding carboxylic acids is 1. The van der Waals surface area contributed by atoms with Crippen LogP contribution < -0.4 is 0 Å². The number of allylic oxidation sites excluding steroid dienone is 4. The van der Waals surface area contributed by atoms with E-state index in [1.165, 1.54) is 38.0 Å². The zero-order chi connectivity index (χ0) is 14.0. The molecule has 19 heavy (non-hydrogen) atoms. The number of ether oxygens (including phenoxy) is 1. The molecule has 0 N–H and O–H groups in total. The molecule has 2 heteroatoms. The maximum absolute atomic E-state index is 10.7. The van der Waals surface area contributed by atoms with E-state index in [-0.39, 0.29) is 11.4 Å². The predicted molar refractivity (Wildman–Crippen MR) is 77.4 cm³/mol. The van der Waals surface area contributed by atoms with Gasteiger partial charge in [-0.05, 0) is 55.4 Å². The van der Waals surface area contributed by atoms with E-state index < -0.39 is 0 Å². The van der Waals surface area contributed by atoms with Crippen LogP contribution in [0.2, 0.25) is 0 Å². The van der Waals surface area contributed by atoms with E-state index in [9.17, 15) is 4.79 Å². The van der Waals surface area contributed by atoms with Gasteiger partial charge in [0, 0.05) is 6.92 Å². The molecule has 0 aromatic heterocycles. The minimum absolute atomic E-state index is 0.277. The highest BCUT2D eigenvalue weighted by Gasteiger charge is 2.49. The average Bonchev–Trinajstić information content (AvgIpc) is 2.91. The molecule has 0 radical (unpaired) electrons. The Labute approximate surface area is 116 Å². The van der Waals surface area contributed by atoms with Gasteiger partial charge in [0.15, 0.2) is 0 Å². The Hall–Kier alpha value is -1.31. The predicted octanol–water partition coefficient (Wildman–Crippen LogP) is 4.39. The van der Waals surface area contributed by atoms with Crippen molar-refractivity contribution in [1.82, 2.24) is 0 Å². The lowest BCUT2D eigenvalue weighted by molar-refractivity contribution is -0.135. The van der Waals surface area contributed by atoms with E-state index in [0.29, 0.717) is 0 Å². The molecular weight excluding hydrogens is 236 g/mol. The first-order valence-electron chi connectivity index (χ1n) is 7.13. The number of rotatable bonds is 4. The van der Waals surface area contributed by atoms with Crippen LogP contribution in [0, 0.1) is 17.3 Å². The van der Waals surface area contributed by atoms with Crippen LogP contribution in [0.5, 0.6) is 0 Å². The molecule has 2 fully saturated rings. The van der Waals surface area contributed by atoms with E-state index in [2.05, 4.69) is 19.6 Å². The van der Waals surface area contributed by atoms with Gasteiger partial charge in [0.25, 0.3) is 0 Å². The van der Waals surface area contributed by atoms with Crippen LogP contribution in [0.1, 0.15) is 46.5 Å². The maximum Gasteiger partial charge on any atom is 0.307 e. The van der Waals surface area contributed by atoms with Crippen molar-refractivity contribution in [2.45, 2.75) is 46.5 Å². The first-order chi connectivity index (χ1) is 8.93. The van der Waals surface area contributed by atoms with Gasteiger partial charge in [0.1, 0.15) is 0 Å². The first kappa shape index (κ1) is 14.1. The summed E-state index contributed by atoms with van der Waals surface area (Å²) in [5, 5.41) is 0. The molecule has 0 amide bonds. The third kappa shape index (κ3) is 2.83. The Balaban J connectivity index is 1.93. The van der Waals surface area contributed by atoms with Gasteiger partial charge in [-0.15, -0.1) is 0 Å². The summed E-state index contributed by atoms with van der Waals surface area (Å²) >= 11 is 0. The Morgan fingerprint density at radius 3 is 2.79 bits per heavy atom. The fourth-order valence-corrected chi connectivity index (χ4v) is 3.61. The van der Waals surface area contributed by atoms with Gasteiger partial charge in [-0.25, -0.2) is 0 Å². The lowest BCUT2D eigenvalue weighted by atomic mass is 9.69. The van der Waals surface area contributed by atoms with Crippen LogP contribution in [0.3, 0.4) is 0 Å². The second kappa shape index (κ2) is 5.36. The zero-order valence-electron chi connectivity index (χ0n) is 12.2. The Morgan fingerprint density at radius 2 is 2.21 bits per heavy atom. The Kier molecular flexibility index (Phi) is 3.98. The van der Waals surface area contributed by atoms with Crippen LogP contribution in [-0.4, -0.2) is 5.97 Å². The van der Waals surface area contributed by atoms with E-state index in [1.54, 1.807) is 0 Å². The zero-order valence-corrected chi connectivity index (χ0v) is 12.2. The molecule has 0 aromatic carbocycles. The molecule has 3 atom stereocenters. The van der Waals surface area contributed by atoms with Crippen LogP contribution >= 0.6 is 0 Å². The fraction of sp³-hybridized carbons (Fsp3) is 0.588. The number of hydrogen-bond acceptors (Lipinski definition) is 2. The average molecular weight is 260 g/mol. The monoisotopic (exact) mass is 260 g/mol. The maximum atomic E-state index is 10.7. The standard InChI is InChI=1S/C17H24O2/c1-12(11-19-14(3)18)6-5-9-17(4)13(2)15-7-8-16(17)10-15/h5-6,11,15-16H,2,7-10H2,1,3-4H3/b6-5+,12-11+. The van der Waals surface area contributed by atoms with Crippen molar-refractivity contribution < 1.29 is 9.53 Å². The number of esters is 1. The molecule has 2 saturated carbocycles. The topological polar surface area (TPSA) is 26.3 Å². The summed E-state index contributed by atoms with van der Waals surface area (Å²) in [6.07, 6.45) is 10.8. The van der Waals surface area contributed by atoms with Gasteiger partial charge in [-0.3, -0.25) is 4.79 Å². The minimum Gasteiger partial charge on any atom is -0.434 e. The molecule has 0 spiro atoms. The SMILES string of the molecule is C=C1C2CCC(C2)C1(C)C/C=C/C(C)=C/OC(C)=O. The highest BCUT2D eigenvalue weighted by atomic mass is 16.5. The molecular formula is C17H24O2. The lowest BCUT2D eigenvalue weighted by Gasteiger charge is -2.35. The van der Waals surface area contributed by atoms with Gasteiger partial charge >= 0.3 is 5.97 Å². The molecule has 0 aromatic rings. The summed E-state index contributed by atoms with van der Waals surface area (Å²) in [5.41, 5.74) is 2.70. The van der Waals surface area contributed by atoms with Gasteiger partial charge in [0.2, 0.25) is 0 Å². The van der Waals surface area contributed by atoms with Crippen LogP contribution in [0.15, 0.2) is 36.1 Å². The van der Waals surface area contributed by atoms with E-state index in [4.69, 9.17) is 4.74 Å². The van der Waals surface area contributed by atoms with Crippen molar-refractivity contribution in [2.24, 2.45) is 17.3 Å². The first-order valence-corrected chi connectivity index (χ1v) is 7.13. The number of fused-ring (bicyclic) bond motifs is 2. The van der Waals surface area contributed by atoms with Crippen molar-refractivity contribution in [3.8, 4) is 0 Å². The molecule has 2 rings (SSSR count). The summed E-state index contributed by atoms with van der Waals surface area (Å²) in [7, 11) is 0. The highest BCUT2D eigenvalue weighted by molar-refractivity contribution is 5.66.